The number of fused-ring (bicyclic) bond motifs is 2. The quantitative estimate of drug-likeness (QED) is 0.837. The summed E-state index contributed by atoms with van der Waals surface area (Å²) in [4.78, 5) is 14.6. The Kier molecular flexibility index (Phi) is 6.66. The molecule has 1 N–H and O–H groups in total. The zero-order valence-electron chi connectivity index (χ0n) is 13.2. The summed E-state index contributed by atoms with van der Waals surface area (Å²) in [5, 5.41) is 3.41. The van der Waals surface area contributed by atoms with Crippen LogP contribution in [0, 0.1) is 5.82 Å². The van der Waals surface area contributed by atoms with Gasteiger partial charge in [-0.25, -0.2) is 4.39 Å². The van der Waals surface area contributed by atoms with Crippen LogP contribution in [0.25, 0.3) is 0 Å². The molecule has 2 fully saturated rings. The van der Waals surface area contributed by atoms with E-state index in [4.69, 9.17) is 4.74 Å². The highest BCUT2D eigenvalue weighted by atomic mass is 35.5. The lowest BCUT2D eigenvalue weighted by atomic mass is 10.1. The second kappa shape index (κ2) is 8.50. The van der Waals surface area contributed by atoms with Crippen LogP contribution in [0.4, 0.5) is 4.39 Å². The summed E-state index contributed by atoms with van der Waals surface area (Å²) >= 11 is 0. The maximum absolute atomic E-state index is 12.8. The van der Waals surface area contributed by atoms with E-state index in [2.05, 4.69) is 10.2 Å². The summed E-state index contributed by atoms with van der Waals surface area (Å²) < 4.78 is 18.3. The molecule has 128 valence electrons. The molecular formula is C17H24ClFN2O2. The van der Waals surface area contributed by atoms with Crippen molar-refractivity contribution < 1.29 is 13.9 Å². The molecule has 3 rings (SSSR count). The average Bonchev–Trinajstić information content (AvgIpc) is 2.78. The number of halogens is 2. The first kappa shape index (κ1) is 18.0. The van der Waals surface area contributed by atoms with Gasteiger partial charge in [-0.05, 0) is 56.5 Å². The third-order valence-electron chi connectivity index (χ3n) is 4.56. The lowest BCUT2D eigenvalue weighted by Crippen LogP contribution is -2.42. The Morgan fingerprint density at radius 3 is 2.74 bits per heavy atom. The highest BCUT2D eigenvalue weighted by Gasteiger charge is 2.37. The molecule has 2 aliphatic rings. The minimum atomic E-state index is -0.271. The standard InChI is InChI=1S/C17H23FN2O2.ClH/c18-13-3-7-16(8-4-13)22-11-1-2-17(21)20-14-5-6-15(20)12-19-10-9-14;/h3-4,7-8,14-15,19H,1-2,5-6,9-12H2;1H. The zero-order chi connectivity index (χ0) is 15.4. The van der Waals surface area contributed by atoms with Gasteiger partial charge in [-0.3, -0.25) is 4.79 Å². The number of amides is 1. The summed E-state index contributed by atoms with van der Waals surface area (Å²) in [5.41, 5.74) is 0. The van der Waals surface area contributed by atoms with Gasteiger partial charge in [0, 0.05) is 25.0 Å². The van der Waals surface area contributed by atoms with Crippen LogP contribution < -0.4 is 10.1 Å². The lowest BCUT2D eigenvalue weighted by Gasteiger charge is -2.28. The molecule has 1 aromatic carbocycles. The van der Waals surface area contributed by atoms with Gasteiger partial charge < -0.3 is 15.0 Å². The first-order valence-electron chi connectivity index (χ1n) is 8.14. The second-order valence-corrected chi connectivity index (χ2v) is 6.08. The number of nitrogens with zero attached hydrogens (tertiary/aromatic N) is 1. The van der Waals surface area contributed by atoms with Crippen LogP contribution in [0.3, 0.4) is 0 Å². The van der Waals surface area contributed by atoms with E-state index in [1.807, 2.05) is 0 Å². The molecule has 2 bridgehead atoms. The van der Waals surface area contributed by atoms with Gasteiger partial charge in [0.05, 0.1) is 6.61 Å². The Bertz CT molecular complexity index is 498. The fourth-order valence-electron chi connectivity index (χ4n) is 3.46. The molecule has 23 heavy (non-hydrogen) atoms. The summed E-state index contributed by atoms with van der Waals surface area (Å²) in [5.74, 6) is 0.625. The Labute approximate surface area is 142 Å². The van der Waals surface area contributed by atoms with Crippen LogP contribution in [0.15, 0.2) is 24.3 Å². The number of carbonyl (C=O) groups excluding carboxylic acids is 1. The normalized spacial score (nSPS) is 23.1. The molecule has 2 unspecified atom stereocenters. The predicted molar refractivity (Wildman–Crippen MR) is 89.5 cm³/mol. The van der Waals surface area contributed by atoms with Crippen LogP contribution in [0.5, 0.6) is 5.75 Å². The van der Waals surface area contributed by atoms with E-state index in [0.29, 0.717) is 37.3 Å². The molecule has 2 saturated heterocycles. The van der Waals surface area contributed by atoms with Gasteiger partial charge in [-0.15, -0.1) is 12.4 Å². The molecule has 6 heteroatoms. The Morgan fingerprint density at radius 2 is 1.96 bits per heavy atom. The number of hydrogen-bond acceptors (Lipinski definition) is 3. The molecular weight excluding hydrogens is 319 g/mol. The Balaban J connectivity index is 0.00000192. The van der Waals surface area contributed by atoms with E-state index in [-0.39, 0.29) is 24.1 Å². The van der Waals surface area contributed by atoms with Crippen LogP contribution in [-0.4, -0.2) is 42.6 Å². The van der Waals surface area contributed by atoms with Crippen molar-refractivity contribution in [3.05, 3.63) is 30.1 Å². The van der Waals surface area contributed by atoms with Crippen molar-refractivity contribution in [2.75, 3.05) is 19.7 Å². The van der Waals surface area contributed by atoms with E-state index in [0.717, 1.165) is 32.4 Å². The maximum atomic E-state index is 12.8. The molecule has 0 aliphatic carbocycles. The van der Waals surface area contributed by atoms with E-state index in [1.54, 1.807) is 12.1 Å². The number of nitrogens with one attached hydrogen (secondary N) is 1. The minimum Gasteiger partial charge on any atom is -0.494 e. The average molecular weight is 343 g/mol. The van der Waals surface area contributed by atoms with Crippen molar-refractivity contribution in [3.63, 3.8) is 0 Å². The van der Waals surface area contributed by atoms with Gasteiger partial charge in [0.2, 0.25) is 5.91 Å². The smallest absolute Gasteiger partial charge is 0.223 e. The molecule has 1 amide bonds. The zero-order valence-corrected chi connectivity index (χ0v) is 14.0. The van der Waals surface area contributed by atoms with Crippen molar-refractivity contribution in [2.24, 2.45) is 0 Å². The fraction of sp³-hybridized carbons (Fsp3) is 0.588. The van der Waals surface area contributed by atoms with Gasteiger partial charge >= 0.3 is 0 Å². The third kappa shape index (κ3) is 4.58. The molecule has 2 atom stereocenters. The van der Waals surface area contributed by atoms with Gasteiger partial charge in [-0.2, -0.15) is 0 Å². The van der Waals surface area contributed by atoms with Gasteiger partial charge in [0.1, 0.15) is 11.6 Å². The molecule has 2 heterocycles. The summed E-state index contributed by atoms with van der Waals surface area (Å²) in [6.45, 7) is 2.42. The van der Waals surface area contributed by atoms with Crippen molar-refractivity contribution in [2.45, 2.75) is 44.2 Å². The third-order valence-corrected chi connectivity index (χ3v) is 4.56. The molecule has 0 saturated carbocycles. The molecule has 0 radical (unpaired) electrons. The molecule has 0 aromatic heterocycles. The van der Waals surface area contributed by atoms with E-state index >= 15 is 0 Å². The number of rotatable bonds is 5. The number of carbonyl (C=O) groups is 1. The maximum Gasteiger partial charge on any atom is 0.223 e. The summed E-state index contributed by atoms with van der Waals surface area (Å²) in [6, 6.07) is 6.77. The van der Waals surface area contributed by atoms with Crippen molar-refractivity contribution in [3.8, 4) is 5.75 Å². The minimum absolute atomic E-state index is 0. The number of benzene rings is 1. The van der Waals surface area contributed by atoms with E-state index in [1.165, 1.54) is 12.1 Å². The van der Waals surface area contributed by atoms with Gasteiger partial charge in [0.25, 0.3) is 0 Å². The number of hydrogen-bond donors (Lipinski definition) is 1. The van der Waals surface area contributed by atoms with Crippen LogP contribution in [-0.2, 0) is 4.79 Å². The van der Waals surface area contributed by atoms with Crippen LogP contribution >= 0.6 is 12.4 Å². The van der Waals surface area contributed by atoms with Gasteiger partial charge in [-0.1, -0.05) is 0 Å². The highest BCUT2D eigenvalue weighted by Crippen LogP contribution is 2.28. The van der Waals surface area contributed by atoms with E-state index in [9.17, 15) is 9.18 Å². The molecule has 2 aliphatic heterocycles. The molecule has 4 nitrogen and oxygen atoms in total. The Morgan fingerprint density at radius 1 is 1.22 bits per heavy atom. The van der Waals surface area contributed by atoms with Gasteiger partial charge in [0.15, 0.2) is 0 Å². The molecule has 1 aromatic rings. The lowest BCUT2D eigenvalue weighted by molar-refractivity contribution is -0.134. The van der Waals surface area contributed by atoms with E-state index < -0.39 is 0 Å². The SMILES string of the molecule is Cl.O=C(CCCOc1ccc(F)cc1)N1C2CCNCC1CC2. The first-order chi connectivity index (χ1) is 10.7. The molecule has 0 spiro atoms. The Hall–Kier alpha value is -1.33. The number of ether oxygens (including phenoxy) is 1. The van der Waals surface area contributed by atoms with Crippen LogP contribution in [0.1, 0.15) is 32.1 Å². The summed E-state index contributed by atoms with van der Waals surface area (Å²) in [7, 11) is 0. The topological polar surface area (TPSA) is 41.6 Å². The van der Waals surface area contributed by atoms with Crippen molar-refractivity contribution in [1.82, 2.24) is 10.2 Å². The monoisotopic (exact) mass is 342 g/mol. The van der Waals surface area contributed by atoms with Crippen molar-refractivity contribution in [1.29, 1.82) is 0 Å². The largest absolute Gasteiger partial charge is 0.494 e. The first-order valence-corrected chi connectivity index (χ1v) is 8.14. The summed E-state index contributed by atoms with van der Waals surface area (Å²) in [6.07, 6.45) is 4.54. The fourth-order valence-corrected chi connectivity index (χ4v) is 3.46. The predicted octanol–water partition coefficient (Wildman–Crippen LogP) is 2.76. The van der Waals surface area contributed by atoms with Crippen LogP contribution in [0.2, 0.25) is 0 Å². The second-order valence-electron chi connectivity index (χ2n) is 6.08. The van der Waals surface area contributed by atoms with Crippen molar-refractivity contribution >= 4 is 18.3 Å². The highest BCUT2D eigenvalue weighted by molar-refractivity contribution is 5.85.